The van der Waals surface area contributed by atoms with Crippen molar-refractivity contribution in [3.8, 4) is 0 Å². The van der Waals surface area contributed by atoms with Gasteiger partial charge in [0.05, 0.1) is 0 Å². The average molecular weight is 257 g/mol. The summed E-state index contributed by atoms with van der Waals surface area (Å²) in [6.45, 7) is 2.28. The molecular formula is C16H26K. The van der Waals surface area contributed by atoms with Gasteiger partial charge in [0.25, 0.3) is 0 Å². The van der Waals surface area contributed by atoms with Gasteiger partial charge in [-0.15, -0.1) is 0 Å². The minimum absolute atomic E-state index is 0. The van der Waals surface area contributed by atoms with Crippen LogP contribution in [0.3, 0.4) is 0 Å². The molecule has 1 radical (unpaired) electrons. The Kier molecular flexibility index (Phi) is 14.0. The summed E-state index contributed by atoms with van der Waals surface area (Å²) in [5, 5.41) is 0. The molecule has 0 aliphatic rings. The van der Waals surface area contributed by atoms with E-state index in [4.69, 9.17) is 0 Å². The predicted octanol–water partition coefficient (Wildman–Crippen LogP) is 4.99. The van der Waals surface area contributed by atoms with Crippen LogP contribution in [0, 0.1) is 0 Å². The Morgan fingerprint density at radius 1 is 0.706 bits per heavy atom. The molecule has 0 heterocycles. The van der Waals surface area contributed by atoms with Crippen molar-refractivity contribution < 1.29 is 0 Å². The number of aryl methyl sites for hydroxylation is 1. The van der Waals surface area contributed by atoms with Crippen LogP contribution in [0.5, 0.6) is 0 Å². The van der Waals surface area contributed by atoms with Crippen LogP contribution >= 0.6 is 0 Å². The summed E-state index contributed by atoms with van der Waals surface area (Å²) < 4.78 is 0. The molecule has 17 heavy (non-hydrogen) atoms. The molecule has 1 rings (SSSR count). The van der Waals surface area contributed by atoms with Gasteiger partial charge in [-0.2, -0.15) is 0 Å². The van der Waals surface area contributed by atoms with Crippen LogP contribution in [-0.2, 0) is 6.42 Å². The smallest absolute Gasteiger partial charge is 0 e. The number of unbranched alkanes of at least 4 members (excludes halogenated alkanes) is 7. The molecule has 0 aromatic heterocycles. The SMILES string of the molecule is CCCCCCCCCCc1ccccc1.[K]. The summed E-state index contributed by atoms with van der Waals surface area (Å²) in [6, 6.07) is 10.8. The van der Waals surface area contributed by atoms with Crippen LogP contribution in [0.25, 0.3) is 0 Å². The summed E-state index contributed by atoms with van der Waals surface area (Å²) in [7, 11) is 0. The van der Waals surface area contributed by atoms with E-state index >= 15 is 0 Å². The van der Waals surface area contributed by atoms with Gasteiger partial charge in [-0.25, -0.2) is 0 Å². The minimum atomic E-state index is 0. The Morgan fingerprint density at radius 2 is 1.24 bits per heavy atom. The second kappa shape index (κ2) is 13.3. The minimum Gasteiger partial charge on any atom is -0.0654 e. The fraction of sp³-hybridized carbons (Fsp3) is 0.625. The van der Waals surface area contributed by atoms with Crippen LogP contribution < -0.4 is 0 Å². The van der Waals surface area contributed by atoms with E-state index in [-0.39, 0.29) is 51.4 Å². The molecule has 0 spiro atoms. The van der Waals surface area contributed by atoms with Crippen molar-refractivity contribution in [3.05, 3.63) is 35.9 Å². The molecule has 0 unspecified atom stereocenters. The fourth-order valence-electron chi connectivity index (χ4n) is 2.11. The Balaban J connectivity index is 0.00000256. The van der Waals surface area contributed by atoms with Crippen LogP contribution in [0.15, 0.2) is 30.3 Å². The molecule has 0 aliphatic carbocycles. The molecule has 0 bridgehead atoms. The summed E-state index contributed by atoms with van der Waals surface area (Å²) in [6.07, 6.45) is 12.5. The maximum Gasteiger partial charge on any atom is 0 e. The first-order valence-electron chi connectivity index (χ1n) is 6.97. The van der Waals surface area contributed by atoms with E-state index in [1.54, 1.807) is 0 Å². The first-order chi connectivity index (χ1) is 7.93. The van der Waals surface area contributed by atoms with Gasteiger partial charge in [0.15, 0.2) is 0 Å². The maximum atomic E-state index is 2.28. The zero-order valence-electron chi connectivity index (χ0n) is 11.8. The van der Waals surface area contributed by atoms with Crippen molar-refractivity contribution in [2.45, 2.75) is 64.7 Å². The molecule has 0 saturated heterocycles. The number of hydrogen-bond donors (Lipinski definition) is 0. The Bertz CT molecular complexity index is 243. The van der Waals surface area contributed by atoms with Gasteiger partial charge >= 0.3 is 0 Å². The van der Waals surface area contributed by atoms with Crippen molar-refractivity contribution in [3.63, 3.8) is 0 Å². The first kappa shape index (κ1) is 17.9. The van der Waals surface area contributed by atoms with Crippen molar-refractivity contribution in [2.24, 2.45) is 0 Å². The van der Waals surface area contributed by atoms with Gasteiger partial charge in [0.2, 0.25) is 0 Å². The van der Waals surface area contributed by atoms with Crippen molar-refractivity contribution in [1.82, 2.24) is 0 Å². The normalized spacial score (nSPS) is 9.94. The molecule has 1 aromatic rings. The Morgan fingerprint density at radius 3 is 1.82 bits per heavy atom. The quantitative estimate of drug-likeness (QED) is 0.432. The van der Waals surface area contributed by atoms with Crippen LogP contribution in [0.1, 0.15) is 63.9 Å². The molecule has 0 N–H and O–H groups in total. The molecule has 0 saturated carbocycles. The van der Waals surface area contributed by atoms with Gasteiger partial charge in [-0.05, 0) is 18.4 Å². The van der Waals surface area contributed by atoms with Gasteiger partial charge in [0.1, 0.15) is 0 Å². The third kappa shape index (κ3) is 10.5. The van der Waals surface area contributed by atoms with E-state index in [1.807, 2.05) is 0 Å². The van der Waals surface area contributed by atoms with Crippen molar-refractivity contribution in [1.29, 1.82) is 0 Å². The molecule has 0 amide bonds. The number of benzene rings is 1. The van der Waals surface area contributed by atoms with E-state index in [0.29, 0.717) is 0 Å². The third-order valence-corrected chi connectivity index (χ3v) is 3.16. The largest absolute Gasteiger partial charge is 0.0654 e. The van der Waals surface area contributed by atoms with E-state index in [2.05, 4.69) is 37.3 Å². The van der Waals surface area contributed by atoms with E-state index in [9.17, 15) is 0 Å². The average Bonchev–Trinajstić information content (AvgIpc) is 2.34. The zero-order valence-corrected chi connectivity index (χ0v) is 14.9. The Hall–Kier alpha value is 0.856. The van der Waals surface area contributed by atoms with Gasteiger partial charge in [0, 0.05) is 51.4 Å². The second-order valence-electron chi connectivity index (χ2n) is 4.71. The van der Waals surface area contributed by atoms with Gasteiger partial charge in [-0.3, -0.25) is 0 Å². The molecule has 1 aromatic carbocycles. The predicted molar refractivity (Wildman–Crippen MR) is 78.5 cm³/mol. The summed E-state index contributed by atoms with van der Waals surface area (Å²) in [4.78, 5) is 0. The molecule has 1 heteroatoms. The first-order valence-corrected chi connectivity index (χ1v) is 6.97. The molecule has 0 aliphatic heterocycles. The second-order valence-corrected chi connectivity index (χ2v) is 4.71. The molecule has 0 nitrogen and oxygen atoms in total. The molecular weight excluding hydrogens is 231 g/mol. The number of rotatable bonds is 9. The maximum absolute atomic E-state index is 2.28. The fourth-order valence-corrected chi connectivity index (χ4v) is 2.11. The Labute approximate surface area is 150 Å². The van der Waals surface area contributed by atoms with E-state index < -0.39 is 0 Å². The monoisotopic (exact) mass is 257 g/mol. The standard InChI is InChI=1S/C16H26.K/c1-2-3-4-5-6-7-8-10-13-16-14-11-9-12-15-16;/h9,11-12,14-15H,2-8,10,13H2,1H3;. The molecule has 91 valence electrons. The summed E-state index contributed by atoms with van der Waals surface area (Å²) >= 11 is 0. The van der Waals surface area contributed by atoms with Gasteiger partial charge < -0.3 is 0 Å². The van der Waals surface area contributed by atoms with E-state index in [0.717, 1.165) is 0 Å². The topological polar surface area (TPSA) is 0 Å². The van der Waals surface area contributed by atoms with Crippen molar-refractivity contribution >= 4 is 51.4 Å². The molecule has 0 fully saturated rings. The third-order valence-electron chi connectivity index (χ3n) is 3.16. The van der Waals surface area contributed by atoms with E-state index in [1.165, 1.54) is 63.4 Å². The summed E-state index contributed by atoms with van der Waals surface area (Å²) in [5.41, 5.74) is 1.49. The van der Waals surface area contributed by atoms with Crippen LogP contribution in [0.4, 0.5) is 0 Å². The molecule has 0 atom stereocenters. The van der Waals surface area contributed by atoms with Gasteiger partial charge in [-0.1, -0.05) is 82.2 Å². The number of hydrogen-bond acceptors (Lipinski definition) is 0. The van der Waals surface area contributed by atoms with Crippen LogP contribution in [0.2, 0.25) is 0 Å². The van der Waals surface area contributed by atoms with Crippen molar-refractivity contribution in [2.75, 3.05) is 0 Å². The zero-order chi connectivity index (χ0) is 11.5. The van der Waals surface area contributed by atoms with Crippen LogP contribution in [-0.4, -0.2) is 51.4 Å². The summed E-state index contributed by atoms with van der Waals surface area (Å²) in [5.74, 6) is 0.